The summed E-state index contributed by atoms with van der Waals surface area (Å²) in [5.74, 6) is -0.0723. The first kappa shape index (κ1) is 13.8. The van der Waals surface area contributed by atoms with Gasteiger partial charge in [0, 0.05) is 18.4 Å². The van der Waals surface area contributed by atoms with E-state index in [1.54, 1.807) is 7.11 Å². The van der Waals surface area contributed by atoms with Gasteiger partial charge in [-0.1, -0.05) is 18.2 Å². The van der Waals surface area contributed by atoms with E-state index in [1.807, 2.05) is 30.3 Å². The van der Waals surface area contributed by atoms with E-state index in [9.17, 15) is 4.79 Å². The average Bonchev–Trinajstić information content (AvgIpc) is 2.96. The standard InChI is InChI=1S/C18H19NO2/c1-21-12-13-5-7-15(8-6-13)18(20)19-17-10-9-14-3-2-4-16(14)11-17/h5-11H,2-4,12H2,1H3,(H,19,20). The predicted molar refractivity (Wildman–Crippen MR) is 83.6 cm³/mol. The second-order valence-electron chi connectivity index (χ2n) is 5.42. The van der Waals surface area contributed by atoms with E-state index in [-0.39, 0.29) is 5.91 Å². The van der Waals surface area contributed by atoms with E-state index in [2.05, 4.69) is 17.4 Å². The van der Waals surface area contributed by atoms with Crippen LogP contribution in [-0.4, -0.2) is 13.0 Å². The van der Waals surface area contributed by atoms with E-state index >= 15 is 0 Å². The SMILES string of the molecule is COCc1ccc(C(=O)Nc2ccc3c(c2)CCC3)cc1. The van der Waals surface area contributed by atoms with Crippen molar-refractivity contribution in [2.45, 2.75) is 25.9 Å². The van der Waals surface area contributed by atoms with Crippen LogP contribution in [0.25, 0.3) is 0 Å². The summed E-state index contributed by atoms with van der Waals surface area (Å²) in [5, 5.41) is 2.97. The maximum Gasteiger partial charge on any atom is 0.255 e. The van der Waals surface area contributed by atoms with Crippen LogP contribution in [0.2, 0.25) is 0 Å². The number of amides is 1. The zero-order chi connectivity index (χ0) is 14.7. The maximum atomic E-state index is 12.2. The molecule has 2 aromatic carbocycles. The molecule has 2 aromatic rings. The lowest BCUT2D eigenvalue weighted by Crippen LogP contribution is -2.12. The van der Waals surface area contributed by atoms with Crippen molar-refractivity contribution in [3.63, 3.8) is 0 Å². The van der Waals surface area contributed by atoms with Gasteiger partial charge in [0.25, 0.3) is 5.91 Å². The number of rotatable bonds is 4. The molecule has 0 spiro atoms. The smallest absolute Gasteiger partial charge is 0.255 e. The van der Waals surface area contributed by atoms with Crippen LogP contribution >= 0.6 is 0 Å². The molecule has 0 aliphatic heterocycles. The van der Waals surface area contributed by atoms with Crippen LogP contribution in [-0.2, 0) is 24.2 Å². The highest BCUT2D eigenvalue weighted by molar-refractivity contribution is 6.04. The number of hydrogen-bond acceptors (Lipinski definition) is 2. The van der Waals surface area contributed by atoms with Gasteiger partial charge in [-0.25, -0.2) is 0 Å². The molecule has 3 nitrogen and oxygen atoms in total. The largest absolute Gasteiger partial charge is 0.380 e. The fourth-order valence-electron chi connectivity index (χ4n) is 2.77. The Kier molecular flexibility index (Phi) is 4.02. The van der Waals surface area contributed by atoms with Crippen molar-refractivity contribution in [1.82, 2.24) is 0 Å². The quantitative estimate of drug-likeness (QED) is 0.930. The molecule has 0 atom stereocenters. The fraction of sp³-hybridized carbons (Fsp3) is 0.278. The number of methoxy groups -OCH3 is 1. The summed E-state index contributed by atoms with van der Waals surface area (Å²) in [4.78, 5) is 12.2. The van der Waals surface area contributed by atoms with Gasteiger partial charge in [-0.3, -0.25) is 4.79 Å². The lowest BCUT2D eigenvalue weighted by molar-refractivity contribution is 0.102. The molecule has 0 unspecified atom stereocenters. The summed E-state index contributed by atoms with van der Waals surface area (Å²) in [5.41, 5.74) is 5.38. The van der Waals surface area contributed by atoms with Gasteiger partial charge in [0.1, 0.15) is 0 Å². The first-order chi connectivity index (χ1) is 10.3. The Morgan fingerprint density at radius 2 is 1.86 bits per heavy atom. The zero-order valence-corrected chi connectivity index (χ0v) is 12.2. The van der Waals surface area contributed by atoms with Gasteiger partial charge < -0.3 is 10.1 Å². The lowest BCUT2D eigenvalue weighted by atomic mass is 10.1. The second-order valence-corrected chi connectivity index (χ2v) is 5.42. The van der Waals surface area contributed by atoms with E-state index in [0.29, 0.717) is 12.2 Å². The first-order valence-electron chi connectivity index (χ1n) is 7.27. The summed E-state index contributed by atoms with van der Waals surface area (Å²) < 4.78 is 5.07. The Bertz CT molecular complexity index is 647. The molecular weight excluding hydrogens is 262 g/mol. The monoisotopic (exact) mass is 281 g/mol. The van der Waals surface area contributed by atoms with Crippen LogP contribution in [0.4, 0.5) is 5.69 Å². The number of nitrogens with one attached hydrogen (secondary N) is 1. The molecule has 108 valence electrons. The first-order valence-corrected chi connectivity index (χ1v) is 7.27. The Morgan fingerprint density at radius 1 is 1.10 bits per heavy atom. The molecule has 1 N–H and O–H groups in total. The second kappa shape index (κ2) is 6.10. The number of carbonyl (C=O) groups is 1. The van der Waals surface area contributed by atoms with Gasteiger partial charge in [-0.05, 0) is 60.2 Å². The van der Waals surface area contributed by atoms with Crippen molar-refractivity contribution >= 4 is 11.6 Å². The van der Waals surface area contributed by atoms with Crippen molar-refractivity contribution in [3.05, 3.63) is 64.7 Å². The highest BCUT2D eigenvalue weighted by Gasteiger charge is 2.12. The summed E-state index contributed by atoms with van der Waals surface area (Å²) in [6.07, 6.45) is 3.49. The highest BCUT2D eigenvalue weighted by atomic mass is 16.5. The minimum Gasteiger partial charge on any atom is -0.380 e. The molecule has 0 saturated heterocycles. The van der Waals surface area contributed by atoms with Gasteiger partial charge in [0.2, 0.25) is 0 Å². The number of benzene rings is 2. The maximum absolute atomic E-state index is 12.2. The van der Waals surface area contributed by atoms with Gasteiger partial charge in [0.15, 0.2) is 0 Å². The number of ether oxygens (including phenoxy) is 1. The Balaban J connectivity index is 1.71. The van der Waals surface area contributed by atoms with E-state index < -0.39 is 0 Å². The summed E-state index contributed by atoms with van der Waals surface area (Å²) in [6.45, 7) is 0.562. The van der Waals surface area contributed by atoms with Crippen LogP contribution in [0.1, 0.15) is 33.5 Å². The predicted octanol–water partition coefficient (Wildman–Crippen LogP) is 3.57. The molecule has 1 aliphatic rings. The molecule has 21 heavy (non-hydrogen) atoms. The average molecular weight is 281 g/mol. The molecule has 0 aromatic heterocycles. The van der Waals surface area contributed by atoms with Crippen LogP contribution in [0.5, 0.6) is 0 Å². The van der Waals surface area contributed by atoms with Crippen molar-refractivity contribution in [2.75, 3.05) is 12.4 Å². The Labute approximate surface area is 124 Å². The molecule has 0 saturated carbocycles. The van der Waals surface area contributed by atoms with E-state index in [1.165, 1.54) is 17.5 Å². The third-order valence-corrected chi connectivity index (χ3v) is 3.88. The molecule has 3 rings (SSSR count). The van der Waals surface area contributed by atoms with E-state index in [0.717, 1.165) is 24.1 Å². The number of aryl methyl sites for hydroxylation is 2. The molecule has 3 heteroatoms. The topological polar surface area (TPSA) is 38.3 Å². The number of hydrogen-bond donors (Lipinski definition) is 1. The molecule has 0 bridgehead atoms. The highest BCUT2D eigenvalue weighted by Crippen LogP contribution is 2.25. The number of anilines is 1. The Hall–Kier alpha value is -2.13. The van der Waals surface area contributed by atoms with Gasteiger partial charge in [-0.2, -0.15) is 0 Å². The minimum absolute atomic E-state index is 0.0723. The molecule has 1 aliphatic carbocycles. The minimum atomic E-state index is -0.0723. The van der Waals surface area contributed by atoms with Crippen LogP contribution in [0, 0.1) is 0 Å². The Morgan fingerprint density at radius 3 is 2.62 bits per heavy atom. The summed E-state index contributed by atoms with van der Waals surface area (Å²) in [7, 11) is 1.66. The zero-order valence-electron chi connectivity index (χ0n) is 12.2. The molecular formula is C18H19NO2. The fourth-order valence-corrected chi connectivity index (χ4v) is 2.77. The van der Waals surface area contributed by atoms with Crippen molar-refractivity contribution in [1.29, 1.82) is 0 Å². The van der Waals surface area contributed by atoms with Crippen LogP contribution < -0.4 is 5.32 Å². The summed E-state index contributed by atoms with van der Waals surface area (Å²) >= 11 is 0. The van der Waals surface area contributed by atoms with E-state index in [4.69, 9.17) is 4.74 Å². The summed E-state index contributed by atoms with van der Waals surface area (Å²) in [6, 6.07) is 13.7. The third-order valence-electron chi connectivity index (χ3n) is 3.88. The van der Waals surface area contributed by atoms with Crippen molar-refractivity contribution in [3.8, 4) is 0 Å². The van der Waals surface area contributed by atoms with Crippen LogP contribution in [0.15, 0.2) is 42.5 Å². The molecule has 1 amide bonds. The molecule has 0 radical (unpaired) electrons. The van der Waals surface area contributed by atoms with Gasteiger partial charge >= 0.3 is 0 Å². The number of carbonyl (C=O) groups excluding carboxylic acids is 1. The normalized spacial score (nSPS) is 13.0. The molecule has 0 heterocycles. The lowest BCUT2D eigenvalue weighted by Gasteiger charge is -2.08. The van der Waals surface area contributed by atoms with Gasteiger partial charge in [0.05, 0.1) is 6.61 Å². The van der Waals surface area contributed by atoms with Crippen molar-refractivity contribution < 1.29 is 9.53 Å². The molecule has 0 fully saturated rings. The van der Waals surface area contributed by atoms with Gasteiger partial charge in [-0.15, -0.1) is 0 Å². The third kappa shape index (κ3) is 3.14. The van der Waals surface area contributed by atoms with Crippen LogP contribution in [0.3, 0.4) is 0 Å². The number of fused-ring (bicyclic) bond motifs is 1. The van der Waals surface area contributed by atoms with Crippen molar-refractivity contribution in [2.24, 2.45) is 0 Å².